The van der Waals surface area contributed by atoms with E-state index < -0.39 is 26.4 Å². The molecular weight excluding hydrogens is 444 g/mol. The van der Waals surface area contributed by atoms with Crippen LogP contribution in [-0.4, -0.2) is 30.2 Å². The molecule has 0 aliphatic carbocycles. The van der Waals surface area contributed by atoms with Gasteiger partial charge in [-0.15, -0.1) is 0 Å². The van der Waals surface area contributed by atoms with Gasteiger partial charge in [0.2, 0.25) is 9.84 Å². The molecule has 0 saturated carbocycles. The van der Waals surface area contributed by atoms with E-state index in [9.17, 15) is 22.0 Å². The van der Waals surface area contributed by atoms with Crippen LogP contribution in [0.4, 0.5) is 14.5 Å². The smallest absolute Gasteiger partial charge is 0.341 e. The number of sulfone groups is 1. The number of carbonyl (C=O) groups excluding carboxylic acids is 1. The number of benzene rings is 1. The van der Waals surface area contributed by atoms with E-state index in [-0.39, 0.29) is 17.0 Å². The minimum Gasteiger partial charge on any atom is -0.466 e. The molecule has 0 atom stereocenters. The summed E-state index contributed by atoms with van der Waals surface area (Å²) in [7, 11) is -4.93. The Balaban J connectivity index is 1.84. The van der Waals surface area contributed by atoms with E-state index in [1.165, 1.54) is 24.3 Å². The van der Waals surface area contributed by atoms with E-state index in [0.29, 0.717) is 33.9 Å². The minimum absolute atomic E-state index is 0.0891. The van der Waals surface area contributed by atoms with E-state index >= 15 is 0 Å². The zero-order valence-electron chi connectivity index (χ0n) is 17.1. The van der Waals surface area contributed by atoms with E-state index in [2.05, 4.69) is 15.5 Å². The highest BCUT2D eigenvalue weighted by Gasteiger charge is 2.30. The van der Waals surface area contributed by atoms with Gasteiger partial charge in [-0.2, -0.15) is 8.78 Å². The molecule has 0 saturated heterocycles. The van der Waals surface area contributed by atoms with Crippen molar-refractivity contribution in [1.82, 2.24) is 10.1 Å². The van der Waals surface area contributed by atoms with Crippen molar-refractivity contribution in [1.29, 1.82) is 0 Å². The largest absolute Gasteiger partial charge is 0.466 e. The lowest BCUT2D eigenvalue weighted by atomic mass is 10.1. The summed E-state index contributed by atoms with van der Waals surface area (Å²) in [6.07, 6.45) is 0. The molecule has 1 amide bonds. The van der Waals surface area contributed by atoms with E-state index in [1.807, 2.05) is 0 Å². The molecule has 0 spiro atoms. The molecule has 0 fully saturated rings. The Morgan fingerprint density at radius 3 is 2.50 bits per heavy atom. The number of aryl methyl sites for hydroxylation is 3. The van der Waals surface area contributed by atoms with Crippen molar-refractivity contribution < 1.29 is 30.9 Å². The normalized spacial score (nSPS) is 11.9. The molecule has 3 heterocycles. The van der Waals surface area contributed by atoms with Crippen LogP contribution in [0.5, 0.6) is 0 Å². The van der Waals surface area contributed by atoms with Gasteiger partial charge in [-0.25, -0.2) is 13.4 Å². The van der Waals surface area contributed by atoms with Gasteiger partial charge in [-0.05, 0) is 45.0 Å². The molecule has 4 rings (SSSR count). The quantitative estimate of drug-likeness (QED) is 0.460. The molecule has 0 aliphatic heterocycles. The first-order valence-electron chi connectivity index (χ1n) is 9.36. The Morgan fingerprint density at radius 2 is 1.84 bits per heavy atom. The fourth-order valence-corrected chi connectivity index (χ4v) is 4.29. The molecular formula is C21H17F2N3O5S. The van der Waals surface area contributed by atoms with Crippen LogP contribution < -0.4 is 5.32 Å². The first-order valence-corrected chi connectivity index (χ1v) is 10.9. The van der Waals surface area contributed by atoms with Crippen LogP contribution >= 0.6 is 0 Å². The van der Waals surface area contributed by atoms with Gasteiger partial charge in [-0.1, -0.05) is 17.3 Å². The van der Waals surface area contributed by atoms with Gasteiger partial charge < -0.3 is 14.3 Å². The van der Waals surface area contributed by atoms with Gasteiger partial charge in [0.05, 0.1) is 32.9 Å². The fraction of sp³-hybridized carbons (Fsp3) is 0.190. The second-order valence-electron chi connectivity index (χ2n) is 7.09. The number of hydrogen-bond acceptors (Lipinski definition) is 7. The number of amides is 1. The molecule has 0 unspecified atom stereocenters. The standard InChI is InChI=1S/C21H17F2N3O5S/c1-10-8-13(12(3)30-10)16-9-14(18-11(2)26-31-20(18)25-16)19(27)24-15-6-4-5-7-17(15)32(28,29)21(22)23/h4-9,21H,1-3H3,(H,24,27). The third-order valence-electron chi connectivity index (χ3n) is 4.86. The lowest BCUT2D eigenvalue weighted by Gasteiger charge is -2.12. The van der Waals surface area contributed by atoms with Crippen LogP contribution in [0.1, 0.15) is 27.6 Å². The molecule has 166 valence electrons. The maximum absolute atomic E-state index is 13.2. The second kappa shape index (κ2) is 7.83. The van der Waals surface area contributed by atoms with Crippen molar-refractivity contribution in [3.63, 3.8) is 0 Å². The van der Waals surface area contributed by atoms with Crippen molar-refractivity contribution in [3.8, 4) is 11.3 Å². The van der Waals surface area contributed by atoms with Gasteiger partial charge in [-0.3, -0.25) is 4.79 Å². The SMILES string of the molecule is Cc1cc(-c2cc(C(=O)Nc3ccccc3S(=O)(=O)C(F)F)c3c(C)noc3n2)c(C)o1. The fourth-order valence-electron chi connectivity index (χ4n) is 3.40. The van der Waals surface area contributed by atoms with Gasteiger partial charge >= 0.3 is 5.76 Å². The topological polar surface area (TPSA) is 115 Å². The third kappa shape index (κ3) is 3.64. The Bertz CT molecular complexity index is 1460. The molecule has 0 bridgehead atoms. The summed E-state index contributed by atoms with van der Waals surface area (Å²) in [6, 6.07) is 8.20. The lowest BCUT2D eigenvalue weighted by molar-refractivity contribution is 0.102. The molecule has 3 aromatic heterocycles. The van der Waals surface area contributed by atoms with Crippen molar-refractivity contribution in [2.45, 2.75) is 31.4 Å². The highest BCUT2D eigenvalue weighted by atomic mass is 32.2. The lowest BCUT2D eigenvalue weighted by Crippen LogP contribution is -2.18. The highest BCUT2D eigenvalue weighted by molar-refractivity contribution is 7.91. The summed E-state index contributed by atoms with van der Waals surface area (Å²) >= 11 is 0. The van der Waals surface area contributed by atoms with Crippen LogP contribution in [0.2, 0.25) is 0 Å². The van der Waals surface area contributed by atoms with Crippen LogP contribution in [0.25, 0.3) is 22.4 Å². The Labute approximate surface area is 181 Å². The predicted molar refractivity (Wildman–Crippen MR) is 111 cm³/mol. The Hall–Kier alpha value is -3.60. The van der Waals surface area contributed by atoms with Gasteiger partial charge in [0.1, 0.15) is 11.5 Å². The summed E-state index contributed by atoms with van der Waals surface area (Å²) in [5.74, 6) is -3.15. The predicted octanol–water partition coefficient (Wildman–Crippen LogP) is 4.66. The zero-order valence-corrected chi connectivity index (χ0v) is 18.0. The number of alkyl halides is 2. The van der Waals surface area contributed by atoms with Crippen molar-refractivity contribution in [2.75, 3.05) is 5.32 Å². The highest BCUT2D eigenvalue weighted by Crippen LogP contribution is 2.32. The summed E-state index contributed by atoms with van der Waals surface area (Å²) in [4.78, 5) is 16.9. The summed E-state index contributed by atoms with van der Waals surface area (Å²) in [5, 5.41) is 6.59. The molecule has 8 nitrogen and oxygen atoms in total. The number of pyridine rings is 1. The average molecular weight is 461 g/mol. The molecule has 4 aromatic rings. The molecule has 1 aromatic carbocycles. The second-order valence-corrected chi connectivity index (χ2v) is 8.97. The van der Waals surface area contributed by atoms with Crippen molar-refractivity contribution in [2.24, 2.45) is 0 Å². The molecule has 0 aliphatic rings. The van der Waals surface area contributed by atoms with Gasteiger partial charge in [0.15, 0.2) is 0 Å². The molecule has 11 heteroatoms. The number of rotatable bonds is 5. The third-order valence-corrected chi connectivity index (χ3v) is 6.29. The van der Waals surface area contributed by atoms with Crippen LogP contribution in [0, 0.1) is 20.8 Å². The van der Waals surface area contributed by atoms with E-state index in [1.54, 1.807) is 26.8 Å². The number of furan rings is 1. The average Bonchev–Trinajstić information content (AvgIpc) is 3.28. The first kappa shape index (κ1) is 21.6. The Kier molecular flexibility index (Phi) is 5.29. The number of nitrogens with one attached hydrogen (secondary N) is 1. The number of anilines is 1. The molecule has 0 radical (unpaired) electrons. The monoisotopic (exact) mass is 461 g/mol. The summed E-state index contributed by atoms with van der Waals surface area (Å²) in [6.45, 7) is 5.12. The van der Waals surface area contributed by atoms with E-state index in [0.717, 1.165) is 6.07 Å². The van der Waals surface area contributed by atoms with Gasteiger partial charge in [0.25, 0.3) is 11.6 Å². The summed E-state index contributed by atoms with van der Waals surface area (Å²) < 4.78 is 61.0. The maximum atomic E-state index is 13.2. The molecule has 1 N–H and O–H groups in total. The maximum Gasteiger partial charge on any atom is 0.341 e. The number of para-hydroxylation sites is 1. The van der Waals surface area contributed by atoms with Crippen LogP contribution in [0.3, 0.4) is 0 Å². The zero-order chi connectivity index (χ0) is 23.2. The van der Waals surface area contributed by atoms with Crippen molar-refractivity contribution in [3.05, 3.63) is 59.2 Å². The summed E-state index contributed by atoms with van der Waals surface area (Å²) in [5.41, 5.74) is 1.31. The van der Waals surface area contributed by atoms with Crippen LogP contribution in [-0.2, 0) is 9.84 Å². The number of fused-ring (bicyclic) bond motifs is 1. The van der Waals surface area contributed by atoms with Crippen LogP contribution in [0.15, 0.2) is 50.2 Å². The molecule has 32 heavy (non-hydrogen) atoms. The number of nitrogens with zero attached hydrogens (tertiary/aromatic N) is 2. The number of aromatic nitrogens is 2. The number of carbonyl (C=O) groups is 1. The number of halogens is 2. The minimum atomic E-state index is -4.93. The van der Waals surface area contributed by atoms with Gasteiger partial charge in [0, 0.05) is 5.56 Å². The Morgan fingerprint density at radius 1 is 1.12 bits per heavy atom. The number of hydrogen-bond donors (Lipinski definition) is 1. The van der Waals surface area contributed by atoms with E-state index in [4.69, 9.17) is 8.94 Å². The van der Waals surface area contributed by atoms with Crippen molar-refractivity contribution >= 4 is 32.5 Å². The first-order chi connectivity index (χ1) is 15.1.